The Kier molecular flexibility index (Phi) is 5.19. The molecule has 2 aromatic carbocycles. The molecule has 0 unspecified atom stereocenters. The zero-order chi connectivity index (χ0) is 17.6. The zero-order valence-corrected chi connectivity index (χ0v) is 14.4. The molecular weight excluding hydrogens is 312 g/mol. The maximum atomic E-state index is 6.00. The summed E-state index contributed by atoms with van der Waals surface area (Å²) in [4.78, 5) is 4.68. The summed E-state index contributed by atoms with van der Waals surface area (Å²) in [6.45, 7) is 8.66. The molecule has 25 heavy (non-hydrogen) atoms. The Labute approximate surface area is 148 Å². The molecular formula is C21H22N2O2. The third-order valence-corrected chi connectivity index (χ3v) is 4.01. The van der Waals surface area contributed by atoms with Gasteiger partial charge in [0.15, 0.2) is 11.5 Å². The Bertz CT molecular complexity index is 896. The number of hydrogen-bond acceptors (Lipinski definition) is 3. The van der Waals surface area contributed by atoms with Crippen LogP contribution in [-0.2, 0) is 19.6 Å². The van der Waals surface area contributed by atoms with Gasteiger partial charge in [-0.05, 0) is 36.2 Å². The molecule has 0 saturated heterocycles. The van der Waals surface area contributed by atoms with Crippen LogP contribution < -0.4 is 9.47 Å². The van der Waals surface area contributed by atoms with E-state index in [1.807, 2.05) is 48.6 Å². The fraction of sp³-hybridized carbons (Fsp3) is 0.190. The Morgan fingerprint density at radius 3 is 2.68 bits per heavy atom. The standard InChI is InChI=1S/C21H22N2O2/c1-4-8-16-11-12-19(20(14-16)24-3)25-15-21-22-17-9-6-7-10-18(17)23(21)13-5-2/h4-7,9-12,14H,1-2,8,13,15H2,3H3. The van der Waals surface area contributed by atoms with Gasteiger partial charge in [-0.25, -0.2) is 4.98 Å². The van der Waals surface area contributed by atoms with Gasteiger partial charge in [-0.1, -0.05) is 30.4 Å². The lowest BCUT2D eigenvalue weighted by Crippen LogP contribution is -2.07. The molecule has 1 aromatic heterocycles. The van der Waals surface area contributed by atoms with Gasteiger partial charge in [0, 0.05) is 6.54 Å². The minimum Gasteiger partial charge on any atom is -0.493 e. The third-order valence-electron chi connectivity index (χ3n) is 4.01. The van der Waals surface area contributed by atoms with Gasteiger partial charge in [-0.3, -0.25) is 0 Å². The number of allylic oxidation sites excluding steroid dienone is 2. The topological polar surface area (TPSA) is 36.3 Å². The van der Waals surface area contributed by atoms with Gasteiger partial charge in [-0.15, -0.1) is 13.2 Å². The summed E-state index contributed by atoms with van der Waals surface area (Å²) in [5.74, 6) is 2.27. The molecule has 0 bridgehead atoms. The molecule has 0 atom stereocenters. The number of hydrogen-bond donors (Lipinski definition) is 0. The molecule has 0 radical (unpaired) electrons. The number of nitrogens with zero attached hydrogens (tertiary/aromatic N) is 2. The van der Waals surface area contributed by atoms with E-state index in [0.29, 0.717) is 24.7 Å². The molecule has 0 aliphatic carbocycles. The van der Waals surface area contributed by atoms with E-state index in [2.05, 4.69) is 28.8 Å². The fourth-order valence-electron chi connectivity index (χ4n) is 2.84. The molecule has 0 N–H and O–H groups in total. The highest BCUT2D eigenvalue weighted by Gasteiger charge is 2.12. The van der Waals surface area contributed by atoms with Crippen molar-refractivity contribution in [2.75, 3.05) is 7.11 Å². The molecule has 3 aromatic rings. The second-order valence-corrected chi connectivity index (χ2v) is 5.68. The van der Waals surface area contributed by atoms with Crippen LogP contribution in [-0.4, -0.2) is 16.7 Å². The third kappa shape index (κ3) is 3.58. The first-order chi connectivity index (χ1) is 12.3. The van der Waals surface area contributed by atoms with E-state index in [-0.39, 0.29) is 0 Å². The summed E-state index contributed by atoms with van der Waals surface area (Å²) in [6.07, 6.45) is 4.53. The Morgan fingerprint density at radius 1 is 1.08 bits per heavy atom. The quantitative estimate of drug-likeness (QED) is 0.568. The predicted octanol–water partition coefficient (Wildman–Crippen LogP) is 4.54. The molecule has 4 nitrogen and oxygen atoms in total. The van der Waals surface area contributed by atoms with Crippen molar-refractivity contribution < 1.29 is 9.47 Å². The van der Waals surface area contributed by atoms with Crippen LogP contribution in [0.25, 0.3) is 11.0 Å². The molecule has 128 valence electrons. The van der Waals surface area contributed by atoms with Gasteiger partial charge in [-0.2, -0.15) is 0 Å². The van der Waals surface area contributed by atoms with E-state index >= 15 is 0 Å². The molecule has 1 heterocycles. The summed E-state index contributed by atoms with van der Waals surface area (Å²) in [6, 6.07) is 14.0. The van der Waals surface area contributed by atoms with Crippen LogP contribution in [0.5, 0.6) is 11.5 Å². The summed E-state index contributed by atoms with van der Waals surface area (Å²) in [7, 11) is 1.65. The number of aromatic nitrogens is 2. The lowest BCUT2D eigenvalue weighted by molar-refractivity contribution is 0.273. The fourth-order valence-corrected chi connectivity index (χ4v) is 2.84. The zero-order valence-electron chi connectivity index (χ0n) is 14.4. The van der Waals surface area contributed by atoms with Gasteiger partial charge >= 0.3 is 0 Å². The molecule has 4 heteroatoms. The highest BCUT2D eigenvalue weighted by Crippen LogP contribution is 2.29. The van der Waals surface area contributed by atoms with Crippen molar-refractivity contribution in [3.8, 4) is 11.5 Å². The Balaban J connectivity index is 1.86. The van der Waals surface area contributed by atoms with Crippen molar-refractivity contribution in [3.63, 3.8) is 0 Å². The largest absolute Gasteiger partial charge is 0.493 e. The first-order valence-electron chi connectivity index (χ1n) is 8.22. The average molecular weight is 334 g/mol. The highest BCUT2D eigenvalue weighted by atomic mass is 16.5. The minimum atomic E-state index is 0.361. The highest BCUT2D eigenvalue weighted by molar-refractivity contribution is 5.75. The number of rotatable bonds is 8. The lowest BCUT2D eigenvalue weighted by Gasteiger charge is -2.12. The van der Waals surface area contributed by atoms with Gasteiger partial charge in [0.25, 0.3) is 0 Å². The first-order valence-corrected chi connectivity index (χ1v) is 8.22. The van der Waals surface area contributed by atoms with Crippen molar-refractivity contribution in [1.82, 2.24) is 9.55 Å². The number of benzene rings is 2. The molecule has 0 amide bonds. The van der Waals surface area contributed by atoms with Crippen LogP contribution in [0.2, 0.25) is 0 Å². The Morgan fingerprint density at radius 2 is 1.92 bits per heavy atom. The van der Waals surface area contributed by atoms with E-state index in [1.165, 1.54) is 0 Å². The number of fused-ring (bicyclic) bond motifs is 1. The second-order valence-electron chi connectivity index (χ2n) is 5.68. The molecule has 0 fully saturated rings. The monoisotopic (exact) mass is 334 g/mol. The Hall–Kier alpha value is -3.01. The number of para-hydroxylation sites is 2. The van der Waals surface area contributed by atoms with Gasteiger partial charge in [0.2, 0.25) is 0 Å². The van der Waals surface area contributed by atoms with Crippen molar-refractivity contribution in [2.45, 2.75) is 19.6 Å². The van der Waals surface area contributed by atoms with Crippen molar-refractivity contribution in [3.05, 3.63) is 79.2 Å². The first kappa shape index (κ1) is 16.8. The normalized spacial score (nSPS) is 10.6. The maximum Gasteiger partial charge on any atom is 0.161 e. The van der Waals surface area contributed by atoms with Crippen LogP contribution in [0.15, 0.2) is 67.8 Å². The van der Waals surface area contributed by atoms with E-state index in [4.69, 9.17) is 9.47 Å². The molecule has 0 saturated carbocycles. The molecule has 0 spiro atoms. The van der Waals surface area contributed by atoms with Crippen LogP contribution in [0, 0.1) is 0 Å². The van der Waals surface area contributed by atoms with Crippen LogP contribution in [0.4, 0.5) is 0 Å². The van der Waals surface area contributed by atoms with E-state index in [1.54, 1.807) is 7.11 Å². The van der Waals surface area contributed by atoms with Crippen LogP contribution in [0.3, 0.4) is 0 Å². The number of imidazole rings is 1. The maximum absolute atomic E-state index is 6.00. The second kappa shape index (κ2) is 7.71. The molecule has 3 rings (SSSR count). The van der Waals surface area contributed by atoms with Crippen molar-refractivity contribution >= 4 is 11.0 Å². The molecule has 0 aliphatic heterocycles. The lowest BCUT2D eigenvalue weighted by atomic mass is 10.1. The summed E-state index contributed by atoms with van der Waals surface area (Å²) in [5, 5.41) is 0. The smallest absolute Gasteiger partial charge is 0.161 e. The summed E-state index contributed by atoms with van der Waals surface area (Å²) in [5.41, 5.74) is 3.17. The van der Waals surface area contributed by atoms with E-state index < -0.39 is 0 Å². The van der Waals surface area contributed by atoms with E-state index in [9.17, 15) is 0 Å². The van der Waals surface area contributed by atoms with Gasteiger partial charge < -0.3 is 14.0 Å². The number of ether oxygens (including phenoxy) is 2. The summed E-state index contributed by atoms with van der Waals surface area (Å²) >= 11 is 0. The van der Waals surface area contributed by atoms with Crippen LogP contribution >= 0.6 is 0 Å². The van der Waals surface area contributed by atoms with Crippen molar-refractivity contribution in [2.24, 2.45) is 0 Å². The number of methoxy groups -OCH3 is 1. The van der Waals surface area contributed by atoms with Gasteiger partial charge in [0.1, 0.15) is 12.4 Å². The van der Waals surface area contributed by atoms with Crippen LogP contribution in [0.1, 0.15) is 11.4 Å². The predicted molar refractivity (Wildman–Crippen MR) is 101 cm³/mol. The molecule has 0 aliphatic rings. The average Bonchev–Trinajstić information content (AvgIpc) is 2.99. The van der Waals surface area contributed by atoms with Crippen molar-refractivity contribution in [1.29, 1.82) is 0 Å². The van der Waals surface area contributed by atoms with Gasteiger partial charge in [0.05, 0.1) is 18.1 Å². The minimum absolute atomic E-state index is 0.361. The van der Waals surface area contributed by atoms with E-state index in [0.717, 1.165) is 28.8 Å². The summed E-state index contributed by atoms with van der Waals surface area (Å²) < 4.78 is 13.6. The SMILES string of the molecule is C=CCc1ccc(OCc2nc3ccccc3n2CC=C)c(OC)c1.